The molecule has 0 aromatic rings. The largest absolute Gasteiger partial charge is 0.316 e. The van der Waals surface area contributed by atoms with Crippen LogP contribution >= 0.6 is 0 Å². The number of rotatable bonds is 0. The highest BCUT2D eigenvalue weighted by molar-refractivity contribution is 4.90. The maximum Gasteiger partial charge on any atom is -0.00152 e. The van der Waals surface area contributed by atoms with Crippen LogP contribution in [0.15, 0.2) is 0 Å². The van der Waals surface area contributed by atoms with Crippen molar-refractivity contribution in [2.24, 2.45) is 23.7 Å². The minimum absolute atomic E-state index is 0.975. The SMILES string of the molecule is C[C@@H]1C[C@H](C)C2CCNCC21. The number of piperidine rings is 1. The summed E-state index contributed by atoms with van der Waals surface area (Å²) in [6, 6.07) is 0. The van der Waals surface area contributed by atoms with Gasteiger partial charge in [0, 0.05) is 0 Å². The Bertz CT molecular complexity index is 128. The molecule has 2 aliphatic rings. The summed E-state index contributed by atoms with van der Waals surface area (Å²) in [5.41, 5.74) is 0. The number of nitrogens with one attached hydrogen (secondary N) is 1. The van der Waals surface area contributed by atoms with Crippen molar-refractivity contribution < 1.29 is 0 Å². The molecular weight excluding hydrogens is 134 g/mol. The van der Waals surface area contributed by atoms with Gasteiger partial charge in [-0.2, -0.15) is 0 Å². The van der Waals surface area contributed by atoms with E-state index in [9.17, 15) is 0 Å². The van der Waals surface area contributed by atoms with Crippen LogP contribution in [0, 0.1) is 23.7 Å². The summed E-state index contributed by atoms with van der Waals surface area (Å²) in [6.45, 7) is 7.41. The van der Waals surface area contributed by atoms with Crippen molar-refractivity contribution in [3.63, 3.8) is 0 Å². The van der Waals surface area contributed by atoms with Gasteiger partial charge in [0.2, 0.25) is 0 Å². The second-order valence-corrected chi connectivity index (χ2v) is 4.51. The number of fused-ring (bicyclic) bond motifs is 1. The minimum atomic E-state index is 0.975. The zero-order chi connectivity index (χ0) is 7.84. The third-order valence-electron chi connectivity index (χ3n) is 3.79. The topological polar surface area (TPSA) is 12.0 Å². The molecule has 0 amide bonds. The van der Waals surface area contributed by atoms with E-state index in [2.05, 4.69) is 19.2 Å². The van der Waals surface area contributed by atoms with Crippen LogP contribution in [-0.4, -0.2) is 13.1 Å². The van der Waals surface area contributed by atoms with Gasteiger partial charge in [-0.1, -0.05) is 13.8 Å². The highest BCUT2D eigenvalue weighted by atomic mass is 14.9. The molecule has 2 unspecified atom stereocenters. The maximum absolute atomic E-state index is 3.51. The Hall–Kier alpha value is -0.0400. The fraction of sp³-hybridized carbons (Fsp3) is 1.00. The lowest BCUT2D eigenvalue weighted by Crippen LogP contribution is -2.37. The molecule has 64 valence electrons. The van der Waals surface area contributed by atoms with Gasteiger partial charge in [0.25, 0.3) is 0 Å². The normalized spacial score (nSPS) is 50.7. The molecule has 0 aromatic carbocycles. The smallest absolute Gasteiger partial charge is 0.00152 e. The van der Waals surface area contributed by atoms with E-state index in [1.54, 1.807) is 0 Å². The van der Waals surface area contributed by atoms with Gasteiger partial charge in [-0.05, 0) is 49.6 Å². The van der Waals surface area contributed by atoms with Gasteiger partial charge in [-0.3, -0.25) is 0 Å². The molecule has 2 rings (SSSR count). The second-order valence-electron chi connectivity index (χ2n) is 4.51. The number of hydrogen-bond donors (Lipinski definition) is 1. The van der Waals surface area contributed by atoms with Gasteiger partial charge in [-0.15, -0.1) is 0 Å². The molecule has 0 spiro atoms. The Labute approximate surface area is 69.6 Å². The lowest BCUT2D eigenvalue weighted by atomic mass is 9.83. The van der Waals surface area contributed by atoms with Crippen molar-refractivity contribution in [2.75, 3.05) is 13.1 Å². The molecular formula is C10H19N. The molecule has 4 atom stereocenters. The summed E-state index contributed by atoms with van der Waals surface area (Å²) >= 11 is 0. The summed E-state index contributed by atoms with van der Waals surface area (Å²) in [7, 11) is 0. The van der Waals surface area contributed by atoms with E-state index < -0.39 is 0 Å². The summed E-state index contributed by atoms with van der Waals surface area (Å²) < 4.78 is 0. The average molecular weight is 153 g/mol. The van der Waals surface area contributed by atoms with Crippen molar-refractivity contribution in [1.82, 2.24) is 5.32 Å². The van der Waals surface area contributed by atoms with E-state index in [0.717, 1.165) is 23.7 Å². The van der Waals surface area contributed by atoms with Crippen molar-refractivity contribution in [3.8, 4) is 0 Å². The van der Waals surface area contributed by atoms with E-state index in [1.165, 1.54) is 25.9 Å². The van der Waals surface area contributed by atoms with Crippen LogP contribution in [0.4, 0.5) is 0 Å². The molecule has 1 nitrogen and oxygen atoms in total. The van der Waals surface area contributed by atoms with Crippen LogP contribution in [0.5, 0.6) is 0 Å². The quantitative estimate of drug-likeness (QED) is 0.560. The summed E-state index contributed by atoms with van der Waals surface area (Å²) in [4.78, 5) is 0. The lowest BCUT2D eigenvalue weighted by Gasteiger charge is -2.30. The third kappa shape index (κ3) is 1.20. The van der Waals surface area contributed by atoms with Crippen LogP contribution in [-0.2, 0) is 0 Å². The van der Waals surface area contributed by atoms with E-state index in [4.69, 9.17) is 0 Å². The van der Waals surface area contributed by atoms with Crippen LogP contribution < -0.4 is 5.32 Å². The first kappa shape index (κ1) is 7.60. The molecule has 1 saturated carbocycles. The van der Waals surface area contributed by atoms with Gasteiger partial charge in [0.05, 0.1) is 0 Å². The molecule has 1 N–H and O–H groups in total. The van der Waals surface area contributed by atoms with Crippen LogP contribution in [0.3, 0.4) is 0 Å². The number of hydrogen-bond acceptors (Lipinski definition) is 1. The molecule has 1 saturated heterocycles. The predicted molar refractivity (Wildman–Crippen MR) is 47.4 cm³/mol. The first-order valence-electron chi connectivity index (χ1n) is 4.99. The van der Waals surface area contributed by atoms with Gasteiger partial charge >= 0.3 is 0 Å². The fourth-order valence-corrected chi connectivity index (χ4v) is 3.17. The Kier molecular flexibility index (Phi) is 1.92. The molecule has 0 bridgehead atoms. The van der Waals surface area contributed by atoms with E-state index in [0.29, 0.717) is 0 Å². The lowest BCUT2D eigenvalue weighted by molar-refractivity contribution is 0.230. The van der Waals surface area contributed by atoms with E-state index in [1.807, 2.05) is 0 Å². The van der Waals surface area contributed by atoms with Crippen molar-refractivity contribution in [3.05, 3.63) is 0 Å². The minimum Gasteiger partial charge on any atom is -0.316 e. The van der Waals surface area contributed by atoms with Gasteiger partial charge in [0.1, 0.15) is 0 Å². The molecule has 11 heavy (non-hydrogen) atoms. The van der Waals surface area contributed by atoms with Crippen LogP contribution in [0.25, 0.3) is 0 Å². The molecule has 0 radical (unpaired) electrons. The summed E-state index contributed by atoms with van der Waals surface area (Å²) in [6.07, 6.45) is 2.90. The second kappa shape index (κ2) is 2.78. The van der Waals surface area contributed by atoms with Crippen molar-refractivity contribution in [1.29, 1.82) is 0 Å². The van der Waals surface area contributed by atoms with Gasteiger partial charge < -0.3 is 5.32 Å². The zero-order valence-corrected chi connectivity index (χ0v) is 7.64. The molecule has 1 heteroatoms. The molecule has 1 aliphatic heterocycles. The highest BCUT2D eigenvalue weighted by Crippen LogP contribution is 2.43. The van der Waals surface area contributed by atoms with E-state index in [-0.39, 0.29) is 0 Å². The zero-order valence-electron chi connectivity index (χ0n) is 7.64. The Morgan fingerprint density at radius 1 is 1.09 bits per heavy atom. The predicted octanol–water partition coefficient (Wildman–Crippen LogP) is 1.89. The van der Waals surface area contributed by atoms with Gasteiger partial charge in [-0.25, -0.2) is 0 Å². The Balaban J connectivity index is 2.07. The molecule has 0 aromatic heterocycles. The van der Waals surface area contributed by atoms with Crippen molar-refractivity contribution >= 4 is 0 Å². The highest BCUT2D eigenvalue weighted by Gasteiger charge is 2.39. The Morgan fingerprint density at radius 3 is 2.55 bits per heavy atom. The van der Waals surface area contributed by atoms with Crippen LogP contribution in [0.1, 0.15) is 26.7 Å². The third-order valence-corrected chi connectivity index (χ3v) is 3.79. The monoisotopic (exact) mass is 153 g/mol. The molecule has 2 fully saturated rings. The van der Waals surface area contributed by atoms with Gasteiger partial charge in [0.15, 0.2) is 0 Å². The standard InChI is InChI=1S/C10H19N/c1-7-5-8(2)10-6-11-4-3-9(7)10/h7-11H,3-6H2,1-2H3/t7-,8+,9?,10?/m0/s1. The van der Waals surface area contributed by atoms with E-state index >= 15 is 0 Å². The van der Waals surface area contributed by atoms with Crippen molar-refractivity contribution in [2.45, 2.75) is 26.7 Å². The fourth-order valence-electron chi connectivity index (χ4n) is 3.17. The average Bonchev–Trinajstić information content (AvgIpc) is 2.30. The maximum atomic E-state index is 3.51. The van der Waals surface area contributed by atoms with Crippen LogP contribution in [0.2, 0.25) is 0 Å². The first-order valence-corrected chi connectivity index (χ1v) is 4.99. The molecule has 1 aliphatic carbocycles. The summed E-state index contributed by atoms with van der Waals surface area (Å²) in [5.74, 6) is 4.02. The Morgan fingerprint density at radius 2 is 1.82 bits per heavy atom. The first-order chi connectivity index (χ1) is 5.29. The molecule has 1 heterocycles. The summed E-state index contributed by atoms with van der Waals surface area (Å²) in [5, 5.41) is 3.51.